The van der Waals surface area contributed by atoms with Crippen LogP contribution in [0, 0.1) is 0 Å². The molecule has 0 fully saturated rings. The first-order chi connectivity index (χ1) is 15.5. The molecule has 32 heavy (non-hydrogen) atoms. The van der Waals surface area contributed by atoms with Crippen molar-refractivity contribution in [2.45, 2.75) is 19.6 Å². The third kappa shape index (κ3) is 9.45. The molecular formula is C24H16Br4S4. The molecule has 4 aromatic rings. The van der Waals surface area contributed by atoms with E-state index in [0.717, 1.165) is 17.9 Å². The SMILES string of the molecule is Brc1ccc(SSc2ccc(Br)cc2)cc1.Brc1ccccc1SSc1ccccc1Br. The predicted molar refractivity (Wildman–Crippen MR) is 160 cm³/mol. The molecule has 0 aliphatic rings. The summed E-state index contributed by atoms with van der Waals surface area (Å²) in [5.74, 6) is 0. The van der Waals surface area contributed by atoms with Crippen LogP contribution >= 0.6 is 107 Å². The van der Waals surface area contributed by atoms with Gasteiger partial charge in [-0.1, -0.05) is 99.3 Å². The van der Waals surface area contributed by atoms with E-state index < -0.39 is 0 Å². The lowest BCUT2D eigenvalue weighted by atomic mass is 10.4. The van der Waals surface area contributed by atoms with Crippen molar-refractivity contribution in [3.05, 3.63) is 115 Å². The average molecular weight is 752 g/mol. The fraction of sp³-hybridized carbons (Fsp3) is 0. The Hall–Kier alpha value is 0.200. The largest absolute Gasteiger partial charge is 0.0611 e. The van der Waals surface area contributed by atoms with Crippen molar-refractivity contribution >= 4 is 107 Å². The maximum absolute atomic E-state index is 3.54. The van der Waals surface area contributed by atoms with E-state index in [-0.39, 0.29) is 0 Å². The molecule has 0 amide bonds. The molecule has 0 spiro atoms. The first-order valence-electron chi connectivity index (χ1n) is 9.20. The Morgan fingerprint density at radius 2 is 0.719 bits per heavy atom. The second-order valence-corrected chi connectivity index (χ2v) is 14.1. The van der Waals surface area contributed by atoms with Crippen LogP contribution in [0.4, 0.5) is 0 Å². The monoisotopic (exact) mass is 748 g/mol. The summed E-state index contributed by atoms with van der Waals surface area (Å²) >= 11 is 13.9. The number of halogens is 4. The van der Waals surface area contributed by atoms with Crippen molar-refractivity contribution in [1.82, 2.24) is 0 Å². The van der Waals surface area contributed by atoms with E-state index in [0.29, 0.717) is 0 Å². The van der Waals surface area contributed by atoms with Gasteiger partial charge in [-0.25, -0.2) is 0 Å². The Morgan fingerprint density at radius 1 is 0.375 bits per heavy atom. The standard InChI is InChI=1S/2C12H8Br2S2/c13-9-1-5-11(6-2-9)15-16-12-7-3-10(14)4-8-12;13-9-5-1-3-7-11(9)15-16-12-8-4-2-6-10(12)14/h2*1-8H. The summed E-state index contributed by atoms with van der Waals surface area (Å²) in [6, 6.07) is 33.2. The molecule has 0 N–H and O–H groups in total. The second-order valence-electron chi connectivity index (χ2n) is 6.10. The van der Waals surface area contributed by atoms with Crippen molar-refractivity contribution < 1.29 is 0 Å². The molecule has 8 heteroatoms. The van der Waals surface area contributed by atoms with Crippen LogP contribution in [0.1, 0.15) is 0 Å². The fourth-order valence-corrected chi connectivity index (χ4v) is 8.50. The highest BCUT2D eigenvalue weighted by Crippen LogP contribution is 2.43. The van der Waals surface area contributed by atoms with Crippen molar-refractivity contribution in [3.8, 4) is 0 Å². The number of rotatable bonds is 6. The minimum absolute atomic E-state index is 1.12. The first kappa shape index (κ1) is 26.8. The lowest BCUT2D eigenvalue weighted by Gasteiger charge is -2.04. The van der Waals surface area contributed by atoms with Crippen molar-refractivity contribution in [3.63, 3.8) is 0 Å². The fourth-order valence-electron chi connectivity index (χ4n) is 2.19. The van der Waals surface area contributed by atoms with Crippen LogP contribution in [0.3, 0.4) is 0 Å². The van der Waals surface area contributed by atoms with Gasteiger partial charge in [-0.15, -0.1) is 0 Å². The summed E-state index contributed by atoms with van der Waals surface area (Å²) < 4.78 is 4.51. The molecule has 0 heterocycles. The van der Waals surface area contributed by atoms with Crippen LogP contribution in [0.25, 0.3) is 0 Å². The highest BCUT2D eigenvalue weighted by molar-refractivity contribution is 9.11. The van der Waals surface area contributed by atoms with E-state index in [1.165, 1.54) is 19.6 Å². The van der Waals surface area contributed by atoms with E-state index in [1.54, 1.807) is 43.2 Å². The molecule has 0 saturated heterocycles. The van der Waals surface area contributed by atoms with E-state index in [9.17, 15) is 0 Å². The summed E-state index contributed by atoms with van der Waals surface area (Å²) in [5.41, 5.74) is 0. The zero-order chi connectivity index (χ0) is 22.8. The number of hydrogen-bond acceptors (Lipinski definition) is 4. The van der Waals surface area contributed by atoms with Crippen LogP contribution < -0.4 is 0 Å². The van der Waals surface area contributed by atoms with E-state index in [2.05, 4.69) is 137 Å². The van der Waals surface area contributed by atoms with Gasteiger partial charge in [0.1, 0.15) is 0 Å². The van der Waals surface area contributed by atoms with Gasteiger partial charge in [0.25, 0.3) is 0 Å². The third-order valence-electron chi connectivity index (χ3n) is 3.76. The van der Waals surface area contributed by atoms with Crippen LogP contribution in [-0.2, 0) is 0 Å². The van der Waals surface area contributed by atoms with Gasteiger partial charge in [-0.3, -0.25) is 0 Å². The van der Waals surface area contributed by atoms with Crippen LogP contribution in [0.15, 0.2) is 135 Å². The predicted octanol–water partition coefficient (Wildman–Crippen LogP) is 12.0. The lowest BCUT2D eigenvalue weighted by molar-refractivity contribution is 1.41. The molecular weight excluding hydrogens is 736 g/mol. The van der Waals surface area contributed by atoms with Crippen LogP contribution in [0.2, 0.25) is 0 Å². The normalized spacial score (nSPS) is 10.4. The molecule has 4 aromatic carbocycles. The molecule has 0 aliphatic heterocycles. The molecule has 0 aliphatic carbocycles. The quantitative estimate of drug-likeness (QED) is 0.180. The first-order valence-corrected chi connectivity index (χ1v) is 16.7. The Labute approximate surface area is 238 Å². The molecule has 164 valence electrons. The lowest BCUT2D eigenvalue weighted by Crippen LogP contribution is -1.73. The topological polar surface area (TPSA) is 0 Å². The average Bonchev–Trinajstić information content (AvgIpc) is 2.81. The van der Waals surface area contributed by atoms with Crippen LogP contribution in [-0.4, -0.2) is 0 Å². The van der Waals surface area contributed by atoms with Gasteiger partial charge in [-0.2, -0.15) is 0 Å². The maximum atomic E-state index is 3.54. The third-order valence-corrected chi connectivity index (χ3v) is 11.6. The Morgan fingerprint density at radius 3 is 1.06 bits per heavy atom. The summed E-state index contributed by atoms with van der Waals surface area (Å²) in [7, 11) is 7.05. The van der Waals surface area contributed by atoms with Gasteiger partial charge in [0.2, 0.25) is 0 Å². The highest BCUT2D eigenvalue weighted by atomic mass is 79.9. The van der Waals surface area contributed by atoms with Gasteiger partial charge >= 0.3 is 0 Å². The molecule has 0 radical (unpaired) electrons. The van der Waals surface area contributed by atoms with E-state index >= 15 is 0 Å². The molecule has 0 saturated carbocycles. The van der Waals surface area contributed by atoms with Crippen molar-refractivity contribution in [1.29, 1.82) is 0 Å². The number of hydrogen-bond donors (Lipinski definition) is 0. The molecule has 0 aromatic heterocycles. The van der Waals surface area contributed by atoms with Gasteiger partial charge in [0.15, 0.2) is 0 Å². The molecule has 0 bridgehead atoms. The maximum Gasteiger partial charge on any atom is 0.0328 e. The van der Waals surface area contributed by atoms with Crippen LogP contribution in [0.5, 0.6) is 0 Å². The molecule has 0 nitrogen and oxygen atoms in total. The Kier molecular flexibility index (Phi) is 12.2. The van der Waals surface area contributed by atoms with Gasteiger partial charge in [0.05, 0.1) is 0 Å². The summed E-state index contributed by atoms with van der Waals surface area (Å²) in [6.45, 7) is 0. The Bertz CT molecular complexity index is 1030. The number of benzene rings is 4. The highest BCUT2D eigenvalue weighted by Gasteiger charge is 2.03. The summed E-state index contributed by atoms with van der Waals surface area (Å²) in [6.07, 6.45) is 0. The van der Waals surface area contributed by atoms with Gasteiger partial charge in [-0.05, 0) is 105 Å². The molecule has 0 atom stereocenters. The zero-order valence-corrected chi connectivity index (χ0v) is 26.0. The minimum atomic E-state index is 1.12. The zero-order valence-electron chi connectivity index (χ0n) is 16.4. The molecule has 0 unspecified atom stereocenters. The van der Waals surface area contributed by atoms with Crippen molar-refractivity contribution in [2.75, 3.05) is 0 Å². The Balaban J connectivity index is 0.000000181. The van der Waals surface area contributed by atoms with E-state index in [4.69, 9.17) is 0 Å². The summed E-state index contributed by atoms with van der Waals surface area (Å²) in [4.78, 5) is 5.00. The second kappa shape index (κ2) is 14.6. The minimum Gasteiger partial charge on any atom is -0.0611 e. The van der Waals surface area contributed by atoms with Gasteiger partial charge < -0.3 is 0 Å². The van der Waals surface area contributed by atoms with Crippen molar-refractivity contribution in [2.24, 2.45) is 0 Å². The smallest absolute Gasteiger partial charge is 0.0328 e. The molecule has 4 rings (SSSR count). The van der Waals surface area contributed by atoms with Gasteiger partial charge in [0, 0.05) is 37.5 Å². The van der Waals surface area contributed by atoms with E-state index in [1.807, 2.05) is 24.3 Å². The summed E-state index contributed by atoms with van der Waals surface area (Å²) in [5, 5.41) is 0.